The van der Waals surface area contributed by atoms with Crippen molar-refractivity contribution in [3.63, 3.8) is 0 Å². The molecule has 2 aliphatic rings. The van der Waals surface area contributed by atoms with Crippen molar-refractivity contribution in [3.05, 3.63) is 29.8 Å². The van der Waals surface area contributed by atoms with Crippen LogP contribution in [0.25, 0.3) is 0 Å². The summed E-state index contributed by atoms with van der Waals surface area (Å²) < 4.78 is 45.9. The molecule has 1 saturated carbocycles. The summed E-state index contributed by atoms with van der Waals surface area (Å²) in [5.74, 6) is -0.172. The summed E-state index contributed by atoms with van der Waals surface area (Å²) in [6.07, 6.45) is -2.65. The van der Waals surface area contributed by atoms with Crippen molar-refractivity contribution in [3.8, 4) is 5.75 Å². The summed E-state index contributed by atoms with van der Waals surface area (Å²) in [5.41, 5.74) is 1.19. The summed E-state index contributed by atoms with van der Waals surface area (Å²) in [5, 5.41) is 3.39. The lowest BCUT2D eigenvalue weighted by Crippen LogP contribution is -2.40. The van der Waals surface area contributed by atoms with Crippen molar-refractivity contribution in [2.75, 3.05) is 26.8 Å². The van der Waals surface area contributed by atoms with Crippen molar-refractivity contribution >= 4 is 0 Å². The van der Waals surface area contributed by atoms with Gasteiger partial charge in [0.25, 0.3) is 0 Å². The molecule has 0 aromatic heterocycles. The number of piperidine rings is 1. The second kappa shape index (κ2) is 4.88. The highest BCUT2D eigenvalue weighted by molar-refractivity contribution is 5.42. The topological polar surface area (TPSA) is 30.5 Å². The van der Waals surface area contributed by atoms with E-state index in [1.807, 2.05) is 0 Å². The Morgan fingerprint density at radius 3 is 2.57 bits per heavy atom. The molecule has 1 heterocycles. The van der Waals surface area contributed by atoms with Gasteiger partial charge in [-0.05, 0) is 37.1 Å². The van der Waals surface area contributed by atoms with Gasteiger partial charge < -0.3 is 14.8 Å². The maximum atomic E-state index is 12.2. The minimum Gasteiger partial charge on any atom is -0.406 e. The molecule has 0 radical (unpaired) electrons. The van der Waals surface area contributed by atoms with Gasteiger partial charge in [0, 0.05) is 24.5 Å². The predicted octanol–water partition coefficient (Wildman–Crippen LogP) is 2.85. The van der Waals surface area contributed by atoms with Crippen molar-refractivity contribution in [1.82, 2.24) is 5.32 Å². The van der Waals surface area contributed by atoms with Gasteiger partial charge in [0.2, 0.25) is 0 Å². The molecule has 3 nitrogen and oxygen atoms in total. The van der Waals surface area contributed by atoms with Crippen LogP contribution in [0.15, 0.2) is 24.3 Å². The highest BCUT2D eigenvalue weighted by Gasteiger charge is 2.68. The normalized spacial score (nSPS) is 31.6. The molecule has 3 rings (SSSR count). The third kappa shape index (κ3) is 2.51. The first-order chi connectivity index (χ1) is 9.91. The lowest BCUT2D eigenvalue weighted by molar-refractivity contribution is -0.274. The van der Waals surface area contributed by atoms with Crippen LogP contribution in [0.3, 0.4) is 0 Å². The van der Waals surface area contributed by atoms with Gasteiger partial charge in [0.1, 0.15) is 5.75 Å². The number of nitrogens with one attached hydrogen (secondary N) is 1. The molecular weight excluding hydrogens is 283 g/mol. The lowest BCUT2D eigenvalue weighted by atomic mass is 9.81. The number of rotatable bonds is 4. The largest absolute Gasteiger partial charge is 0.573 e. The number of alkyl halides is 3. The minimum absolute atomic E-state index is 0.0328. The molecule has 1 aromatic rings. The van der Waals surface area contributed by atoms with Crippen molar-refractivity contribution in [2.24, 2.45) is 5.41 Å². The van der Waals surface area contributed by atoms with Crippen molar-refractivity contribution < 1.29 is 22.6 Å². The van der Waals surface area contributed by atoms with E-state index in [1.165, 1.54) is 12.1 Å². The standard InChI is InChI=1S/C15H18F3NO2/c1-20-10-13-8-14(13,6-7-19-9-13)11-2-4-12(5-3-11)21-15(16,17)18/h2-5,19H,6-10H2,1H3/t13?,14-/m1/s1. The minimum atomic E-state index is -4.64. The van der Waals surface area contributed by atoms with Gasteiger partial charge in [-0.15, -0.1) is 13.2 Å². The van der Waals surface area contributed by atoms with Gasteiger partial charge >= 0.3 is 6.36 Å². The average Bonchev–Trinajstić information content (AvgIpc) is 3.08. The third-order valence-corrected chi connectivity index (χ3v) is 4.78. The first-order valence-corrected chi connectivity index (χ1v) is 6.97. The van der Waals surface area contributed by atoms with Gasteiger partial charge in [0.15, 0.2) is 0 Å². The number of ether oxygens (including phenoxy) is 2. The quantitative estimate of drug-likeness (QED) is 0.927. The van der Waals surface area contributed by atoms with Gasteiger partial charge in [0.05, 0.1) is 6.61 Å². The van der Waals surface area contributed by atoms with Gasteiger partial charge in [-0.1, -0.05) is 12.1 Å². The molecule has 0 spiro atoms. The van der Waals surface area contributed by atoms with Crippen LogP contribution in [-0.2, 0) is 10.2 Å². The van der Waals surface area contributed by atoms with Crippen LogP contribution in [0.2, 0.25) is 0 Å². The smallest absolute Gasteiger partial charge is 0.406 e. The average molecular weight is 301 g/mol. The van der Waals surface area contributed by atoms with E-state index < -0.39 is 6.36 Å². The second-order valence-electron chi connectivity index (χ2n) is 5.97. The first kappa shape index (κ1) is 14.7. The van der Waals surface area contributed by atoms with Crippen LogP contribution in [0.1, 0.15) is 18.4 Å². The van der Waals surface area contributed by atoms with Crippen molar-refractivity contribution in [2.45, 2.75) is 24.6 Å². The van der Waals surface area contributed by atoms with Crippen LogP contribution in [0.5, 0.6) is 5.75 Å². The molecule has 1 N–H and O–H groups in total. The van der Waals surface area contributed by atoms with Crippen LogP contribution in [-0.4, -0.2) is 33.2 Å². The van der Waals surface area contributed by atoms with E-state index in [0.717, 1.165) is 31.5 Å². The molecule has 1 unspecified atom stereocenters. The van der Waals surface area contributed by atoms with E-state index in [2.05, 4.69) is 10.1 Å². The lowest BCUT2D eigenvalue weighted by Gasteiger charge is -2.31. The molecule has 1 aromatic carbocycles. The molecule has 1 saturated heterocycles. The summed E-state index contributed by atoms with van der Waals surface area (Å²) in [6, 6.07) is 6.30. The number of benzene rings is 1. The Morgan fingerprint density at radius 2 is 1.95 bits per heavy atom. The molecule has 2 fully saturated rings. The Morgan fingerprint density at radius 1 is 1.24 bits per heavy atom. The SMILES string of the molecule is COCC12CNCC[C@]1(c1ccc(OC(F)(F)F)cc1)C2. The third-order valence-electron chi connectivity index (χ3n) is 4.78. The monoisotopic (exact) mass is 301 g/mol. The molecule has 21 heavy (non-hydrogen) atoms. The maximum Gasteiger partial charge on any atom is 0.573 e. The summed E-state index contributed by atoms with van der Waals surface area (Å²) in [7, 11) is 1.69. The van der Waals surface area contributed by atoms with Gasteiger partial charge in [-0.25, -0.2) is 0 Å². The molecule has 116 valence electrons. The van der Waals surface area contributed by atoms with Crippen molar-refractivity contribution in [1.29, 1.82) is 0 Å². The van der Waals surface area contributed by atoms with E-state index >= 15 is 0 Å². The fraction of sp³-hybridized carbons (Fsp3) is 0.600. The van der Waals surface area contributed by atoms with E-state index in [9.17, 15) is 13.2 Å². The molecule has 1 aliphatic carbocycles. The number of methoxy groups -OCH3 is 1. The molecule has 0 bridgehead atoms. The van der Waals surface area contributed by atoms with Gasteiger partial charge in [-0.2, -0.15) is 0 Å². The number of hydrogen-bond donors (Lipinski definition) is 1. The summed E-state index contributed by atoms with van der Waals surface area (Å²) in [6.45, 7) is 2.48. The van der Waals surface area contributed by atoms with E-state index in [1.54, 1.807) is 19.2 Å². The van der Waals surface area contributed by atoms with Crippen LogP contribution < -0.4 is 10.1 Å². The van der Waals surface area contributed by atoms with Crippen LogP contribution >= 0.6 is 0 Å². The molecule has 0 amide bonds. The fourth-order valence-electron chi connectivity index (χ4n) is 3.79. The fourth-order valence-corrected chi connectivity index (χ4v) is 3.79. The van der Waals surface area contributed by atoms with E-state index in [4.69, 9.17) is 4.74 Å². The Kier molecular flexibility index (Phi) is 3.41. The van der Waals surface area contributed by atoms with E-state index in [0.29, 0.717) is 6.61 Å². The molecule has 2 atom stereocenters. The highest BCUT2D eigenvalue weighted by atomic mass is 19.4. The zero-order valence-corrected chi connectivity index (χ0v) is 11.8. The predicted molar refractivity (Wildman–Crippen MR) is 71.2 cm³/mol. The molecule has 6 heteroatoms. The Balaban J connectivity index is 1.81. The van der Waals surface area contributed by atoms with Crippen LogP contribution in [0.4, 0.5) is 13.2 Å². The Bertz CT molecular complexity index is 513. The Hall–Kier alpha value is -1.27. The summed E-state index contributed by atoms with van der Waals surface area (Å²) >= 11 is 0. The number of halogens is 3. The highest BCUT2D eigenvalue weighted by Crippen LogP contribution is 2.67. The second-order valence-corrected chi connectivity index (χ2v) is 5.97. The number of hydrogen-bond acceptors (Lipinski definition) is 3. The van der Waals surface area contributed by atoms with Gasteiger partial charge in [-0.3, -0.25) is 0 Å². The Labute approximate surface area is 121 Å². The zero-order valence-electron chi connectivity index (χ0n) is 11.8. The maximum absolute atomic E-state index is 12.2. The first-order valence-electron chi connectivity index (χ1n) is 6.97. The molecule has 1 aliphatic heterocycles. The number of fused-ring (bicyclic) bond motifs is 1. The zero-order chi connectivity index (χ0) is 15.1. The molecular formula is C15H18F3NO2. The van der Waals surface area contributed by atoms with Crippen LogP contribution in [0, 0.1) is 5.41 Å². The van der Waals surface area contributed by atoms with E-state index in [-0.39, 0.29) is 16.6 Å². The summed E-state index contributed by atoms with van der Waals surface area (Å²) in [4.78, 5) is 0.